The van der Waals surface area contributed by atoms with E-state index in [-0.39, 0.29) is 5.82 Å². The molecule has 0 bridgehead atoms. The van der Waals surface area contributed by atoms with E-state index in [0.717, 1.165) is 35.6 Å². The van der Waals surface area contributed by atoms with Crippen molar-refractivity contribution in [3.05, 3.63) is 52.9 Å². The Morgan fingerprint density at radius 3 is 2.88 bits per heavy atom. The second kappa shape index (κ2) is 5.10. The van der Waals surface area contributed by atoms with Gasteiger partial charge in [-0.1, -0.05) is 12.1 Å². The van der Waals surface area contributed by atoms with Gasteiger partial charge < -0.3 is 10.7 Å². The number of benzene rings is 1. The second-order valence-corrected chi connectivity index (χ2v) is 4.08. The van der Waals surface area contributed by atoms with E-state index in [1.54, 1.807) is 12.1 Å². The topological polar surface area (TPSA) is 54.7 Å². The fraction of sp³-hybridized carbons (Fsp3) is 0.308. The van der Waals surface area contributed by atoms with Crippen LogP contribution in [-0.2, 0) is 19.4 Å². The van der Waals surface area contributed by atoms with Crippen LogP contribution in [0.15, 0.2) is 24.3 Å². The van der Waals surface area contributed by atoms with Crippen molar-refractivity contribution in [1.29, 1.82) is 0 Å². The van der Waals surface area contributed by atoms with Crippen LogP contribution in [0.4, 0.5) is 4.39 Å². The first kappa shape index (κ1) is 11.8. The van der Waals surface area contributed by atoms with Crippen LogP contribution in [0.3, 0.4) is 0 Å². The first-order valence-electron chi connectivity index (χ1n) is 5.68. The van der Waals surface area contributed by atoms with Gasteiger partial charge in [0.25, 0.3) is 0 Å². The minimum Gasteiger partial charge on any atom is -0.345 e. The standard InChI is InChI=1S/C13H16FN3/c1-9-16-12(13(8-15)17-9)6-5-10-3-2-4-11(14)7-10/h2-4,7H,5-6,8,15H2,1H3,(H,16,17). The van der Waals surface area contributed by atoms with Crippen molar-refractivity contribution < 1.29 is 4.39 Å². The van der Waals surface area contributed by atoms with Crippen LogP contribution < -0.4 is 5.73 Å². The molecule has 0 aliphatic rings. The van der Waals surface area contributed by atoms with Gasteiger partial charge in [-0.25, -0.2) is 9.37 Å². The number of nitrogens with two attached hydrogens (primary N) is 1. The molecule has 0 unspecified atom stereocenters. The molecule has 0 atom stereocenters. The molecule has 0 saturated heterocycles. The Hall–Kier alpha value is -1.68. The zero-order valence-electron chi connectivity index (χ0n) is 9.83. The largest absolute Gasteiger partial charge is 0.345 e. The molecule has 0 aliphatic heterocycles. The third kappa shape index (κ3) is 2.91. The normalized spacial score (nSPS) is 10.8. The molecule has 0 fully saturated rings. The van der Waals surface area contributed by atoms with Crippen molar-refractivity contribution in [3.63, 3.8) is 0 Å². The van der Waals surface area contributed by atoms with Crippen molar-refractivity contribution >= 4 is 0 Å². The van der Waals surface area contributed by atoms with E-state index in [2.05, 4.69) is 9.97 Å². The van der Waals surface area contributed by atoms with Gasteiger partial charge in [0.2, 0.25) is 0 Å². The Kier molecular flexibility index (Phi) is 3.54. The number of rotatable bonds is 4. The lowest BCUT2D eigenvalue weighted by Gasteiger charge is -2.01. The summed E-state index contributed by atoms with van der Waals surface area (Å²) >= 11 is 0. The van der Waals surface area contributed by atoms with Gasteiger partial charge in [-0.15, -0.1) is 0 Å². The van der Waals surface area contributed by atoms with Crippen LogP contribution in [0.25, 0.3) is 0 Å². The summed E-state index contributed by atoms with van der Waals surface area (Å²) in [5, 5.41) is 0. The summed E-state index contributed by atoms with van der Waals surface area (Å²) in [6.45, 7) is 2.37. The molecular formula is C13H16FN3. The fourth-order valence-corrected chi connectivity index (χ4v) is 1.92. The minimum absolute atomic E-state index is 0.195. The maximum Gasteiger partial charge on any atom is 0.123 e. The van der Waals surface area contributed by atoms with E-state index < -0.39 is 0 Å². The van der Waals surface area contributed by atoms with E-state index in [9.17, 15) is 4.39 Å². The first-order valence-corrected chi connectivity index (χ1v) is 5.68. The van der Waals surface area contributed by atoms with Crippen molar-refractivity contribution in [3.8, 4) is 0 Å². The first-order chi connectivity index (χ1) is 8.19. The maximum absolute atomic E-state index is 13.0. The summed E-state index contributed by atoms with van der Waals surface area (Å²) in [5.74, 6) is 0.680. The second-order valence-electron chi connectivity index (χ2n) is 4.08. The predicted molar refractivity (Wildman–Crippen MR) is 65.0 cm³/mol. The van der Waals surface area contributed by atoms with Crippen molar-refractivity contribution in [2.24, 2.45) is 5.73 Å². The molecule has 4 heteroatoms. The molecule has 2 rings (SSSR count). The third-order valence-corrected chi connectivity index (χ3v) is 2.73. The van der Waals surface area contributed by atoms with Gasteiger partial charge in [0, 0.05) is 6.54 Å². The third-order valence-electron chi connectivity index (χ3n) is 2.73. The molecule has 1 heterocycles. The molecule has 17 heavy (non-hydrogen) atoms. The Morgan fingerprint density at radius 2 is 2.18 bits per heavy atom. The SMILES string of the molecule is Cc1nc(CCc2cccc(F)c2)c(CN)[nH]1. The monoisotopic (exact) mass is 233 g/mol. The minimum atomic E-state index is -0.195. The maximum atomic E-state index is 13.0. The quantitative estimate of drug-likeness (QED) is 0.849. The molecule has 0 spiro atoms. The summed E-state index contributed by atoms with van der Waals surface area (Å²) in [6.07, 6.45) is 1.55. The number of nitrogens with one attached hydrogen (secondary N) is 1. The highest BCUT2D eigenvalue weighted by atomic mass is 19.1. The molecule has 0 saturated carbocycles. The smallest absolute Gasteiger partial charge is 0.123 e. The van der Waals surface area contributed by atoms with E-state index in [1.807, 2.05) is 13.0 Å². The lowest BCUT2D eigenvalue weighted by molar-refractivity contribution is 0.625. The fourth-order valence-electron chi connectivity index (χ4n) is 1.92. The van der Waals surface area contributed by atoms with E-state index >= 15 is 0 Å². The molecule has 1 aromatic carbocycles. The van der Waals surface area contributed by atoms with Gasteiger partial charge in [-0.2, -0.15) is 0 Å². The van der Waals surface area contributed by atoms with Crippen LogP contribution in [0.1, 0.15) is 22.8 Å². The van der Waals surface area contributed by atoms with E-state index in [4.69, 9.17) is 5.73 Å². The molecule has 0 aliphatic carbocycles. The highest BCUT2D eigenvalue weighted by molar-refractivity contribution is 5.20. The highest BCUT2D eigenvalue weighted by Gasteiger charge is 2.06. The average Bonchev–Trinajstić information content (AvgIpc) is 2.67. The number of imidazole rings is 1. The number of hydrogen-bond donors (Lipinski definition) is 2. The van der Waals surface area contributed by atoms with Crippen LogP contribution in [0.2, 0.25) is 0 Å². The van der Waals surface area contributed by atoms with E-state index in [0.29, 0.717) is 6.54 Å². The summed E-state index contributed by atoms with van der Waals surface area (Å²) in [5.41, 5.74) is 8.56. The molecule has 1 aromatic heterocycles. The zero-order valence-corrected chi connectivity index (χ0v) is 9.83. The average molecular weight is 233 g/mol. The predicted octanol–water partition coefficient (Wildman–Crippen LogP) is 2.10. The van der Waals surface area contributed by atoms with Crippen LogP contribution >= 0.6 is 0 Å². The number of aromatic amines is 1. The Labute approximate surface area is 99.9 Å². The molecular weight excluding hydrogens is 217 g/mol. The number of H-pyrrole nitrogens is 1. The van der Waals surface area contributed by atoms with Crippen molar-refractivity contribution in [2.45, 2.75) is 26.3 Å². The molecule has 0 radical (unpaired) electrons. The summed E-state index contributed by atoms with van der Waals surface area (Å²) in [6, 6.07) is 6.66. The zero-order chi connectivity index (χ0) is 12.3. The summed E-state index contributed by atoms with van der Waals surface area (Å²) < 4.78 is 13.0. The van der Waals surface area contributed by atoms with E-state index in [1.165, 1.54) is 6.07 Å². The highest BCUT2D eigenvalue weighted by Crippen LogP contribution is 2.11. The van der Waals surface area contributed by atoms with Crippen LogP contribution in [0, 0.1) is 12.7 Å². The Bertz CT molecular complexity index is 505. The Morgan fingerprint density at radius 1 is 1.35 bits per heavy atom. The summed E-state index contributed by atoms with van der Waals surface area (Å²) in [7, 11) is 0. The van der Waals surface area contributed by atoms with Crippen LogP contribution in [-0.4, -0.2) is 9.97 Å². The van der Waals surface area contributed by atoms with Gasteiger partial charge in [-0.3, -0.25) is 0 Å². The number of hydrogen-bond acceptors (Lipinski definition) is 2. The van der Waals surface area contributed by atoms with Gasteiger partial charge in [-0.05, 0) is 37.5 Å². The van der Waals surface area contributed by atoms with Crippen molar-refractivity contribution in [2.75, 3.05) is 0 Å². The lowest BCUT2D eigenvalue weighted by atomic mass is 10.1. The van der Waals surface area contributed by atoms with Crippen LogP contribution in [0.5, 0.6) is 0 Å². The molecule has 3 nitrogen and oxygen atoms in total. The van der Waals surface area contributed by atoms with Gasteiger partial charge in [0.05, 0.1) is 11.4 Å². The number of nitrogens with zero attached hydrogens (tertiary/aromatic N) is 1. The number of halogens is 1. The Balaban J connectivity index is 2.06. The lowest BCUT2D eigenvalue weighted by Crippen LogP contribution is -2.02. The summed E-state index contributed by atoms with van der Waals surface area (Å²) in [4.78, 5) is 7.52. The number of aromatic nitrogens is 2. The van der Waals surface area contributed by atoms with Gasteiger partial charge in [0.15, 0.2) is 0 Å². The van der Waals surface area contributed by atoms with Crippen molar-refractivity contribution in [1.82, 2.24) is 9.97 Å². The molecule has 2 aromatic rings. The van der Waals surface area contributed by atoms with Gasteiger partial charge in [0.1, 0.15) is 11.6 Å². The number of aryl methyl sites for hydroxylation is 3. The molecule has 3 N–H and O–H groups in total. The molecule has 0 amide bonds. The molecule has 90 valence electrons. The van der Waals surface area contributed by atoms with Gasteiger partial charge >= 0.3 is 0 Å².